The van der Waals surface area contributed by atoms with Crippen LogP contribution in [0.3, 0.4) is 0 Å². The van der Waals surface area contributed by atoms with Gasteiger partial charge in [-0.3, -0.25) is 4.79 Å². The van der Waals surface area contributed by atoms with Crippen molar-refractivity contribution in [1.29, 1.82) is 0 Å². The van der Waals surface area contributed by atoms with Gasteiger partial charge in [0.05, 0.1) is 20.2 Å². The minimum absolute atomic E-state index is 0.0800. The van der Waals surface area contributed by atoms with Crippen LogP contribution in [0, 0.1) is 0 Å². The Bertz CT molecular complexity index is 552. The van der Waals surface area contributed by atoms with Gasteiger partial charge in [0.25, 0.3) is 0 Å². The van der Waals surface area contributed by atoms with Crippen LogP contribution in [0.5, 0.6) is 5.88 Å². The first-order valence-corrected chi connectivity index (χ1v) is 5.52. The van der Waals surface area contributed by atoms with E-state index in [0.717, 1.165) is 0 Å². The molecule has 0 aliphatic rings. The summed E-state index contributed by atoms with van der Waals surface area (Å²) < 4.78 is 9.95. The van der Waals surface area contributed by atoms with Crippen molar-refractivity contribution in [3.8, 4) is 17.3 Å². The van der Waals surface area contributed by atoms with Crippen LogP contribution < -0.4 is 15.8 Å². The zero-order chi connectivity index (χ0) is 13.7. The fourth-order valence-electron chi connectivity index (χ4n) is 1.32. The van der Waals surface area contributed by atoms with Gasteiger partial charge < -0.3 is 20.3 Å². The van der Waals surface area contributed by atoms with Gasteiger partial charge in [0.15, 0.2) is 0 Å². The number of rotatable bonds is 5. The molecule has 2 heterocycles. The first-order chi connectivity index (χ1) is 9.22. The molecule has 8 heteroatoms. The lowest BCUT2D eigenvalue weighted by atomic mass is 10.3. The van der Waals surface area contributed by atoms with E-state index in [2.05, 4.69) is 20.4 Å². The highest BCUT2D eigenvalue weighted by atomic mass is 16.5. The molecule has 0 aliphatic carbocycles. The Morgan fingerprint density at radius 2 is 2.37 bits per heavy atom. The molecule has 100 valence electrons. The highest BCUT2D eigenvalue weighted by molar-refractivity contribution is 5.77. The van der Waals surface area contributed by atoms with Gasteiger partial charge in [0.2, 0.25) is 23.5 Å². The Morgan fingerprint density at radius 1 is 1.53 bits per heavy atom. The summed E-state index contributed by atoms with van der Waals surface area (Å²) in [5.41, 5.74) is 5.86. The molecule has 1 amide bonds. The topological polar surface area (TPSA) is 116 Å². The van der Waals surface area contributed by atoms with Crippen LogP contribution in [0.15, 0.2) is 22.9 Å². The molecule has 0 unspecified atom stereocenters. The standard InChI is InChI=1S/C11H13N5O3/c1-18-9-3-2-7(5-14-9)11-15-10(19-16-11)6-13-8(17)4-12/h2-3,5H,4,6,12H2,1H3,(H,13,17). The molecule has 19 heavy (non-hydrogen) atoms. The minimum atomic E-state index is -0.286. The fraction of sp³-hybridized carbons (Fsp3) is 0.273. The van der Waals surface area contributed by atoms with Gasteiger partial charge in [-0.15, -0.1) is 0 Å². The summed E-state index contributed by atoms with van der Waals surface area (Å²) in [5.74, 6) is 0.910. The van der Waals surface area contributed by atoms with E-state index in [4.69, 9.17) is 15.0 Å². The maximum atomic E-state index is 11.0. The molecule has 0 spiro atoms. The molecular formula is C11H13N5O3. The highest BCUT2D eigenvalue weighted by Gasteiger charge is 2.09. The number of pyridine rings is 1. The van der Waals surface area contributed by atoms with E-state index in [-0.39, 0.29) is 19.0 Å². The number of carbonyl (C=O) groups is 1. The SMILES string of the molecule is COc1ccc(-c2noc(CNC(=O)CN)n2)cn1. The van der Waals surface area contributed by atoms with E-state index in [1.165, 1.54) is 7.11 Å². The second-order valence-electron chi connectivity index (χ2n) is 3.58. The average molecular weight is 263 g/mol. The average Bonchev–Trinajstić information content (AvgIpc) is 2.93. The van der Waals surface area contributed by atoms with E-state index in [9.17, 15) is 4.79 Å². The number of methoxy groups -OCH3 is 1. The lowest BCUT2D eigenvalue weighted by Gasteiger charge is -1.98. The predicted molar refractivity (Wildman–Crippen MR) is 65.0 cm³/mol. The van der Waals surface area contributed by atoms with E-state index < -0.39 is 0 Å². The molecule has 0 saturated carbocycles. The molecular weight excluding hydrogens is 250 g/mol. The lowest BCUT2D eigenvalue weighted by molar-refractivity contribution is -0.120. The normalized spacial score (nSPS) is 10.2. The molecule has 0 aromatic carbocycles. The molecule has 0 saturated heterocycles. The molecule has 2 aromatic rings. The fourth-order valence-corrected chi connectivity index (χ4v) is 1.32. The highest BCUT2D eigenvalue weighted by Crippen LogP contribution is 2.16. The van der Waals surface area contributed by atoms with Gasteiger partial charge in [-0.05, 0) is 6.07 Å². The van der Waals surface area contributed by atoms with Crippen LogP contribution >= 0.6 is 0 Å². The van der Waals surface area contributed by atoms with Crippen molar-refractivity contribution in [3.05, 3.63) is 24.2 Å². The molecule has 2 rings (SSSR count). The molecule has 8 nitrogen and oxygen atoms in total. The maximum absolute atomic E-state index is 11.0. The number of hydrogen-bond donors (Lipinski definition) is 2. The Labute approximate surface area is 109 Å². The third-order valence-corrected chi connectivity index (χ3v) is 2.29. The van der Waals surface area contributed by atoms with Gasteiger partial charge in [-0.2, -0.15) is 4.98 Å². The van der Waals surface area contributed by atoms with Crippen molar-refractivity contribution < 1.29 is 14.1 Å². The van der Waals surface area contributed by atoms with Crippen molar-refractivity contribution in [1.82, 2.24) is 20.4 Å². The summed E-state index contributed by atoms with van der Waals surface area (Å²) in [6, 6.07) is 3.46. The summed E-state index contributed by atoms with van der Waals surface area (Å²) in [5, 5.41) is 6.33. The van der Waals surface area contributed by atoms with Gasteiger partial charge in [-0.1, -0.05) is 5.16 Å². The Kier molecular flexibility index (Phi) is 4.04. The molecule has 0 fully saturated rings. The van der Waals surface area contributed by atoms with Crippen molar-refractivity contribution in [3.63, 3.8) is 0 Å². The second kappa shape index (κ2) is 5.91. The van der Waals surface area contributed by atoms with Gasteiger partial charge in [-0.25, -0.2) is 4.98 Å². The van der Waals surface area contributed by atoms with Crippen molar-refractivity contribution in [2.24, 2.45) is 5.73 Å². The summed E-state index contributed by atoms with van der Waals surface area (Å²) in [4.78, 5) is 19.2. The summed E-state index contributed by atoms with van der Waals surface area (Å²) >= 11 is 0. The number of carbonyl (C=O) groups excluding carboxylic acids is 1. The lowest BCUT2D eigenvalue weighted by Crippen LogP contribution is -2.29. The Hall–Kier alpha value is -2.48. The third kappa shape index (κ3) is 3.26. The number of hydrogen-bond acceptors (Lipinski definition) is 7. The van der Waals surface area contributed by atoms with Crippen LogP contribution in [0.2, 0.25) is 0 Å². The van der Waals surface area contributed by atoms with Crippen molar-refractivity contribution in [2.45, 2.75) is 6.54 Å². The Morgan fingerprint density at radius 3 is 3.00 bits per heavy atom. The number of nitrogens with zero attached hydrogens (tertiary/aromatic N) is 3. The monoisotopic (exact) mass is 263 g/mol. The van der Waals surface area contributed by atoms with Crippen LogP contribution in [-0.2, 0) is 11.3 Å². The smallest absolute Gasteiger partial charge is 0.246 e. The number of nitrogens with one attached hydrogen (secondary N) is 1. The molecule has 0 aliphatic heterocycles. The van der Waals surface area contributed by atoms with Gasteiger partial charge >= 0.3 is 0 Å². The molecule has 0 atom stereocenters. The predicted octanol–water partition coefficient (Wildman–Crippen LogP) is -0.285. The van der Waals surface area contributed by atoms with Crippen LogP contribution in [-0.4, -0.2) is 34.7 Å². The third-order valence-electron chi connectivity index (χ3n) is 2.29. The van der Waals surface area contributed by atoms with E-state index in [1.54, 1.807) is 18.3 Å². The first kappa shape index (κ1) is 13.0. The van der Waals surface area contributed by atoms with Crippen molar-refractivity contribution in [2.75, 3.05) is 13.7 Å². The second-order valence-corrected chi connectivity index (χ2v) is 3.58. The number of ether oxygens (including phenoxy) is 1. The van der Waals surface area contributed by atoms with Crippen LogP contribution in [0.4, 0.5) is 0 Å². The summed E-state index contributed by atoms with van der Waals surface area (Å²) in [6.07, 6.45) is 1.58. The van der Waals surface area contributed by atoms with E-state index in [0.29, 0.717) is 23.2 Å². The maximum Gasteiger partial charge on any atom is 0.246 e. The Balaban J connectivity index is 2.05. The molecule has 3 N–H and O–H groups in total. The van der Waals surface area contributed by atoms with Gasteiger partial charge in [0.1, 0.15) is 0 Å². The van der Waals surface area contributed by atoms with Crippen LogP contribution in [0.25, 0.3) is 11.4 Å². The molecule has 0 radical (unpaired) electrons. The number of nitrogens with two attached hydrogens (primary N) is 1. The first-order valence-electron chi connectivity index (χ1n) is 5.52. The van der Waals surface area contributed by atoms with Crippen molar-refractivity contribution >= 4 is 5.91 Å². The largest absolute Gasteiger partial charge is 0.481 e. The molecule has 2 aromatic heterocycles. The van der Waals surface area contributed by atoms with E-state index in [1.807, 2.05) is 0 Å². The van der Waals surface area contributed by atoms with Gasteiger partial charge in [0, 0.05) is 17.8 Å². The number of amides is 1. The molecule has 0 bridgehead atoms. The van der Waals surface area contributed by atoms with E-state index >= 15 is 0 Å². The summed E-state index contributed by atoms with van der Waals surface area (Å²) in [7, 11) is 1.54. The zero-order valence-corrected chi connectivity index (χ0v) is 10.3. The zero-order valence-electron chi connectivity index (χ0n) is 10.3. The number of aromatic nitrogens is 3. The minimum Gasteiger partial charge on any atom is -0.481 e. The quantitative estimate of drug-likeness (QED) is 0.761. The summed E-state index contributed by atoms with van der Waals surface area (Å²) in [6.45, 7) is 0.0655. The van der Waals surface area contributed by atoms with Crippen LogP contribution in [0.1, 0.15) is 5.89 Å².